The fraction of sp³-hybridized carbons (Fsp3) is 0.458. The van der Waals surface area contributed by atoms with E-state index in [2.05, 4.69) is 40.2 Å². The summed E-state index contributed by atoms with van der Waals surface area (Å²) in [6.45, 7) is 13.6. The van der Waals surface area contributed by atoms with Crippen LogP contribution in [0.3, 0.4) is 0 Å². The molecule has 1 amide bonds. The van der Waals surface area contributed by atoms with E-state index >= 15 is 0 Å². The maximum Gasteiger partial charge on any atom is 0.255 e. The van der Waals surface area contributed by atoms with Gasteiger partial charge in [-0.15, -0.1) is 0 Å². The first-order valence-corrected chi connectivity index (χ1v) is 17.1. The first-order chi connectivity index (χ1) is 16.1. The molecule has 0 aliphatic heterocycles. The number of carbonyl (C=O) groups excluding carboxylic acids is 1. The molecular formula is C24H35N5O4SSi. The lowest BCUT2D eigenvalue weighted by Crippen LogP contribution is -2.40. The quantitative estimate of drug-likeness (QED) is 0.319. The van der Waals surface area contributed by atoms with E-state index in [0.29, 0.717) is 34.8 Å². The molecule has 0 spiro atoms. The molecule has 0 radical (unpaired) electrons. The molecule has 9 nitrogen and oxygen atoms in total. The molecule has 0 saturated heterocycles. The molecule has 11 heteroatoms. The van der Waals surface area contributed by atoms with E-state index < -0.39 is 23.5 Å². The van der Waals surface area contributed by atoms with Gasteiger partial charge in [0.2, 0.25) is 0 Å². The smallest absolute Gasteiger partial charge is 0.255 e. The van der Waals surface area contributed by atoms with Gasteiger partial charge in [0, 0.05) is 38.4 Å². The number of hydrogen-bond acceptors (Lipinski definition) is 7. The maximum atomic E-state index is 13.0. The van der Waals surface area contributed by atoms with E-state index in [1.165, 1.54) is 18.4 Å². The summed E-state index contributed by atoms with van der Waals surface area (Å²) >= 11 is 0. The number of hydrogen-bond donors (Lipinski definition) is 2. The Labute approximate surface area is 208 Å². The fourth-order valence-electron chi connectivity index (χ4n) is 3.26. The van der Waals surface area contributed by atoms with Crippen LogP contribution in [0.5, 0.6) is 0 Å². The predicted molar refractivity (Wildman–Crippen MR) is 142 cm³/mol. The Bertz CT molecular complexity index is 1310. The highest BCUT2D eigenvalue weighted by Crippen LogP contribution is 2.23. The van der Waals surface area contributed by atoms with Crippen molar-refractivity contribution in [2.75, 3.05) is 18.2 Å². The number of nitrogens with zero attached hydrogens (tertiary/aromatic N) is 3. The first-order valence-electron chi connectivity index (χ1n) is 11.5. The molecule has 2 N–H and O–H groups in total. The van der Waals surface area contributed by atoms with Crippen molar-refractivity contribution in [3.05, 3.63) is 42.2 Å². The summed E-state index contributed by atoms with van der Waals surface area (Å²) in [5, 5.41) is 6.12. The molecule has 0 unspecified atom stereocenters. The number of carbonyl (C=O) groups is 1. The molecule has 0 atom stereocenters. The van der Waals surface area contributed by atoms with Crippen LogP contribution >= 0.6 is 0 Å². The number of anilines is 2. The predicted octanol–water partition coefficient (Wildman–Crippen LogP) is 4.42. The molecule has 0 aliphatic rings. The zero-order valence-electron chi connectivity index (χ0n) is 21.5. The Hall–Kier alpha value is -2.76. The third-order valence-electron chi connectivity index (χ3n) is 5.08. The summed E-state index contributed by atoms with van der Waals surface area (Å²) in [6, 6.07) is 7.42. The van der Waals surface area contributed by atoms with Crippen molar-refractivity contribution in [1.29, 1.82) is 0 Å². The minimum Gasteiger partial charge on any atom is -0.361 e. The molecule has 3 rings (SSSR count). The molecule has 1 aromatic carbocycles. The van der Waals surface area contributed by atoms with E-state index in [4.69, 9.17) is 4.74 Å². The van der Waals surface area contributed by atoms with Crippen LogP contribution in [-0.2, 0) is 21.3 Å². The number of rotatable bonds is 9. The van der Waals surface area contributed by atoms with Crippen LogP contribution in [0.25, 0.3) is 11.2 Å². The summed E-state index contributed by atoms with van der Waals surface area (Å²) < 4.78 is 31.1. The average molecular weight is 518 g/mol. The van der Waals surface area contributed by atoms with Gasteiger partial charge in [0.1, 0.15) is 18.1 Å². The van der Waals surface area contributed by atoms with Crippen LogP contribution in [0.15, 0.2) is 41.6 Å². The van der Waals surface area contributed by atoms with E-state index in [-0.39, 0.29) is 17.5 Å². The minimum atomic E-state index is -3.28. The number of ether oxygens (including phenoxy) is 1. The maximum absolute atomic E-state index is 13.0. The Kier molecular flexibility index (Phi) is 7.73. The lowest BCUT2D eigenvalue weighted by Gasteiger charge is -2.20. The van der Waals surface area contributed by atoms with Crippen molar-refractivity contribution in [2.24, 2.45) is 0 Å². The first kappa shape index (κ1) is 26.8. The Morgan fingerprint density at radius 2 is 1.80 bits per heavy atom. The van der Waals surface area contributed by atoms with Gasteiger partial charge in [0.05, 0.1) is 16.7 Å². The van der Waals surface area contributed by atoms with Gasteiger partial charge in [-0.05, 0) is 51.1 Å². The molecule has 0 fully saturated rings. The molecule has 3 aromatic rings. The highest BCUT2D eigenvalue weighted by atomic mass is 32.2. The number of nitrogens with one attached hydrogen (secondary N) is 2. The van der Waals surface area contributed by atoms with Gasteiger partial charge in [-0.3, -0.25) is 4.79 Å². The second-order valence-corrected chi connectivity index (χ2v) is 18.6. The van der Waals surface area contributed by atoms with Gasteiger partial charge in [0.25, 0.3) is 5.91 Å². The zero-order chi connectivity index (χ0) is 26.0. The second kappa shape index (κ2) is 10.1. The van der Waals surface area contributed by atoms with Gasteiger partial charge in [-0.1, -0.05) is 19.6 Å². The van der Waals surface area contributed by atoms with Gasteiger partial charge >= 0.3 is 0 Å². The lowest BCUT2D eigenvalue weighted by atomic mass is 10.1. The fourth-order valence-corrected chi connectivity index (χ4v) is 4.65. The highest BCUT2D eigenvalue weighted by Gasteiger charge is 2.22. The van der Waals surface area contributed by atoms with Crippen molar-refractivity contribution in [1.82, 2.24) is 19.9 Å². The third kappa shape index (κ3) is 7.61. The lowest BCUT2D eigenvalue weighted by molar-refractivity contribution is 0.0886. The van der Waals surface area contributed by atoms with E-state index in [9.17, 15) is 13.2 Å². The number of amides is 1. The van der Waals surface area contributed by atoms with E-state index in [0.717, 1.165) is 6.04 Å². The van der Waals surface area contributed by atoms with Crippen molar-refractivity contribution in [2.45, 2.75) is 63.6 Å². The normalized spacial score (nSPS) is 12.7. The number of aromatic nitrogens is 3. The van der Waals surface area contributed by atoms with E-state index in [1.54, 1.807) is 29.1 Å². The molecule has 2 aromatic heterocycles. The topological polar surface area (TPSA) is 115 Å². The van der Waals surface area contributed by atoms with Crippen molar-refractivity contribution in [3.8, 4) is 0 Å². The van der Waals surface area contributed by atoms with Crippen LogP contribution in [0, 0.1) is 0 Å². The molecule has 0 saturated carbocycles. The molecule has 190 valence electrons. The highest BCUT2D eigenvalue weighted by molar-refractivity contribution is 7.90. The average Bonchev–Trinajstić information content (AvgIpc) is 3.07. The van der Waals surface area contributed by atoms with Crippen molar-refractivity contribution in [3.63, 3.8) is 0 Å². The van der Waals surface area contributed by atoms with Crippen molar-refractivity contribution >= 4 is 46.5 Å². The summed E-state index contributed by atoms with van der Waals surface area (Å²) in [4.78, 5) is 22.5. The molecule has 0 aliphatic carbocycles. The van der Waals surface area contributed by atoms with Crippen LogP contribution in [0.2, 0.25) is 25.7 Å². The number of fused-ring (bicyclic) bond motifs is 1. The molecule has 0 bridgehead atoms. The standard InChI is InChI=1S/C24H35N5O4SSi/c1-24(2,3)28-23(30)19-15-29(16-33-12-13-35(5,6)7)22-21(19)27-20(14-25-22)26-17-8-10-18(11-9-17)34(4,31)32/h8-11,14-15H,12-13,16H2,1-7H3,(H,26,27)(H,28,30). The number of benzene rings is 1. The SMILES string of the molecule is CC(C)(C)NC(=O)c1cn(COCC[Si](C)(C)C)c2ncc(Nc3ccc(S(C)(=O)=O)cc3)nc12. The molecule has 35 heavy (non-hydrogen) atoms. The van der Waals surface area contributed by atoms with E-state index in [1.807, 2.05) is 20.8 Å². The summed E-state index contributed by atoms with van der Waals surface area (Å²) in [5.74, 6) is 0.194. The summed E-state index contributed by atoms with van der Waals surface area (Å²) in [6.07, 6.45) is 4.47. The summed E-state index contributed by atoms with van der Waals surface area (Å²) in [5.41, 5.74) is 1.66. The second-order valence-electron chi connectivity index (χ2n) is 10.9. The van der Waals surface area contributed by atoms with Crippen LogP contribution < -0.4 is 10.6 Å². The Morgan fingerprint density at radius 1 is 1.14 bits per heavy atom. The van der Waals surface area contributed by atoms with Crippen molar-refractivity contribution < 1.29 is 17.9 Å². The Morgan fingerprint density at radius 3 is 2.37 bits per heavy atom. The van der Waals surface area contributed by atoms with Crippen LogP contribution in [-0.4, -0.2) is 55.3 Å². The zero-order valence-corrected chi connectivity index (χ0v) is 23.3. The van der Waals surface area contributed by atoms with Crippen LogP contribution in [0.1, 0.15) is 31.1 Å². The molecular weight excluding hydrogens is 482 g/mol. The Balaban J connectivity index is 1.90. The summed E-state index contributed by atoms with van der Waals surface area (Å²) in [7, 11) is -4.49. The van der Waals surface area contributed by atoms with Gasteiger partial charge in [-0.25, -0.2) is 18.4 Å². The number of sulfone groups is 1. The minimum absolute atomic E-state index is 0.233. The van der Waals surface area contributed by atoms with Crippen LogP contribution in [0.4, 0.5) is 11.5 Å². The monoisotopic (exact) mass is 517 g/mol. The van der Waals surface area contributed by atoms with Gasteiger partial charge < -0.3 is 19.9 Å². The molecule has 2 heterocycles. The van der Waals surface area contributed by atoms with Gasteiger partial charge in [0.15, 0.2) is 15.5 Å². The third-order valence-corrected chi connectivity index (χ3v) is 7.91. The van der Waals surface area contributed by atoms with Gasteiger partial charge in [-0.2, -0.15) is 0 Å². The largest absolute Gasteiger partial charge is 0.361 e.